The van der Waals surface area contributed by atoms with Crippen molar-refractivity contribution in [1.29, 1.82) is 0 Å². The van der Waals surface area contributed by atoms with E-state index in [1.807, 2.05) is 26.0 Å². The summed E-state index contributed by atoms with van der Waals surface area (Å²) >= 11 is 0. The molecule has 0 saturated carbocycles. The van der Waals surface area contributed by atoms with E-state index in [4.69, 9.17) is 4.99 Å². The number of amidine groups is 1. The molecule has 0 amide bonds. The highest BCUT2D eigenvalue weighted by atomic mass is 19.4. The molecular formula is C30H34F3N5O. The number of halogens is 3. The molecule has 1 aromatic heterocycles. The van der Waals surface area contributed by atoms with E-state index in [1.165, 1.54) is 28.8 Å². The summed E-state index contributed by atoms with van der Waals surface area (Å²) in [5.74, 6) is 0.857. The third kappa shape index (κ3) is 6.78. The van der Waals surface area contributed by atoms with Crippen molar-refractivity contribution in [1.82, 2.24) is 9.88 Å². The minimum absolute atomic E-state index is 0.00804. The van der Waals surface area contributed by atoms with Crippen LogP contribution in [0.3, 0.4) is 0 Å². The normalized spacial score (nSPS) is 15.2. The Morgan fingerprint density at radius 2 is 1.79 bits per heavy atom. The zero-order valence-corrected chi connectivity index (χ0v) is 22.3. The summed E-state index contributed by atoms with van der Waals surface area (Å²) in [6.07, 6.45) is -2.22. The summed E-state index contributed by atoms with van der Waals surface area (Å²) in [5, 5.41) is 6.75. The second kappa shape index (κ2) is 12.3. The first-order chi connectivity index (χ1) is 18.7. The lowest BCUT2D eigenvalue weighted by Gasteiger charge is -2.29. The van der Waals surface area contributed by atoms with Gasteiger partial charge in [0.05, 0.1) is 12.1 Å². The van der Waals surface area contributed by atoms with Crippen LogP contribution in [0.15, 0.2) is 77.0 Å². The second-order valence-corrected chi connectivity index (χ2v) is 9.61. The van der Waals surface area contributed by atoms with Crippen molar-refractivity contribution >= 4 is 29.1 Å². The minimum Gasteiger partial charge on any atom is -0.369 e. The van der Waals surface area contributed by atoms with Crippen LogP contribution >= 0.6 is 0 Å². The molecule has 1 atom stereocenters. The third-order valence-corrected chi connectivity index (χ3v) is 6.98. The standard InChI is InChI=1S/C30H34F3N5O/c1-4-21(3)28(35-24-11-13-25(14-12-24)37-18-16-34-17-19-37)36-29-22(5-2)10-15-27(39)38(29)20-23-8-6-7-9-26(23)30(31,32)33/h5-15,21,34H,2,4,16-20H2,1,3H3,(H,35,36). The molecule has 1 saturated heterocycles. The number of hydrogen-bond donors (Lipinski definition) is 2. The monoisotopic (exact) mass is 537 g/mol. The van der Waals surface area contributed by atoms with Gasteiger partial charge in [0.1, 0.15) is 11.7 Å². The molecule has 0 radical (unpaired) electrons. The maximum absolute atomic E-state index is 13.7. The molecule has 1 unspecified atom stereocenters. The second-order valence-electron chi connectivity index (χ2n) is 9.61. The number of nitrogens with zero attached hydrogens (tertiary/aromatic N) is 3. The first kappa shape index (κ1) is 28.2. The lowest BCUT2D eigenvalue weighted by Crippen LogP contribution is -2.43. The van der Waals surface area contributed by atoms with Gasteiger partial charge in [0.2, 0.25) is 0 Å². The van der Waals surface area contributed by atoms with Gasteiger partial charge in [-0.1, -0.05) is 44.7 Å². The van der Waals surface area contributed by atoms with Crippen LogP contribution in [-0.2, 0) is 12.7 Å². The lowest BCUT2D eigenvalue weighted by molar-refractivity contribution is -0.138. The van der Waals surface area contributed by atoms with Crippen LogP contribution in [0.25, 0.3) is 6.08 Å². The topological polar surface area (TPSA) is 61.7 Å². The molecule has 1 fully saturated rings. The lowest BCUT2D eigenvalue weighted by atomic mass is 10.1. The highest BCUT2D eigenvalue weighted by Crippen LogP contribution is 2.33. The number of anilines is 2. The molecule has 0 bridgehead atoms. The number of benzene rings is 2. The van der Waals surface area contributed by atoms with E-state index < -0.39 is 17.3 Å². The van der Waals surface area contributed by atoms with Gasteiger partial charge in [0, 0.05) is 55.1 Å². The molecular weight excluding hydrogens is 503 g/mol. The molecule has 1 aliphatic heterocycles. The minimum atomic E-state index is -4.54. The van der Waals surface area contributed by atoms with Gasteiger partial charge in [-0.05, 0) is 48.4 Å². The maximum Gasteiger partial charge on any atom is 0.416 e. The van der Waals surface area contributed by atoms with E-state index in [0.717, 1.165) is 50.0 Å². The predicted molar refractivity (Wildman–Crippen MR) is 153 cm³/mol. The third-order valence-electron chi connectivity index (χ3n) is 6.98. The van der Waals surface area contributed by atoms with E-state index in [-0.39, 0.29) is 23.8 Å². The van der Waals surface area contributed by atoms with Gasteiger partial charge in [-0.15, -0.1) is 0 Å². The first-order valence-corrected chi connectivity index (χ1v) is 13.1. The number of nitrogens with one attached hydrogen (secondary N) is 2. The number of rotatable bonds is 8. The fourth-order valence-electron chi connectivity index (χ4n) is 4.52. The Morgan fingerprint density at radius 1 is 1.10 bits per heavy atom. The number of aliphatic imine (C=N–C) groups is 1. The van der Waals surface area contributed by atoms with Crippen molar-refractivity contribution in [2.45, 2.75) is 33.0 Å². The molecule has 2 N–H and O–H groups in total. The van der Waals surface area contributed by atoms with Crippen LogP contribution in [0, 0.1) is 5.92 Å². The SMILES string of the molecule is C=Cc1ccc(=O)n(Cc2ccccc2C(F)(F)F)c1N=C(Nc1ccc(N2CCNCC2)cc1)C(C)CC. The van der Waals surface area contributed by atoms with Crippen molar-refractivity contribution in [3.63, 3.8) is 0 Å². The number of alkyl halides is 3. The number of piperazine rings is 1. The number of aromatic nitrogens is 1. The van der Waals surface area contributed by atoms with Crippen LogP contribution < -0.4 is 21.1 Å². The Hall–Kier alpha value is -3.85. The van der Waals surface area contributed by atoms with Gasteiger partial charge in [-0.25, -0.2) is 4.99 Å². The Labute approximate surface area is 226 Å². The highest BCUT2D eigenvalue weighted by molar-refractivity contribution is 5.98. The van der Waals surface area contributed by atoms with E-state index in [9.17, 15) is 18.0 Å². The van der Waals surface area contributed by atoms with Gasteiger partial charge in [-0.2, -0.15) is 13.2 Å². The maximum atomic E-state index is 13.7. The molecule has 0 aliphatic carbocycles. The molecule has 3 aromatic rings. The van der Waals surface area contributed by atoms with Crippen LogP contribution in [-0.4, -0.2) is 36.6 Å². The van der Waals surface area contributed by atoms with Crippen molar-refractivity contribution < 1.29 is 13.2 Å². The number of pyridine rings is 1. The highest BCUT2D eigenvalue weighted by Gasteiger charge is 2.33. The van der Waals surface area contributed by atoms with Crippen LogP contribution in [0.4, 0.5) is 30.4 Å². The van der Waals surface area contributed by atoms with E-state index in [1.54, 1.807) is 12.1 Å². The van der Waals surface area contributed by atoms with Gasteiger partial charge in [-0.3, -0.25) is 9.36 Å². The van der Waals surface area contributed by atoms with Crippen molar-refractivity contribution in [2.75, 3.05) is 36.4 Å². The largest absolute Gasteiger partial charge is 0.416 e. The van der Waals surface area contributed by atoms with Crippen LogP contribution in [0.1, 0.15) is 37.0 Å². The Kier molecular flexibility index (Phi) is 8.91. The molecule has 1 aliphatic rings. The average Bonchev–Trinajstić information content (AvgIpc) is 2.94. The smallest absolute Gasteiger partial charge is 0.369 e. The molecule has 2 heterocycles. The fourth-order valence-corrected chi connectivity index (χ4v) is 4.52. The van der Waals surface area contributed by atoms with E-state index in [2.05, 4.69) is 34.2 Å². The zero-order valence-electron chi connectivity index (χ0n) is 22.3. The van der Waals surface area contributed by atoms with Gasteiger partial charge in [0.15, 0.2) is 0 Å². The quantitative estimate of drug-likeness (QED) is 0.267. The first-order valence-electron chi connectivity index (χ1n) is 13.1. The average molecular weight is 538 g/mol. The molecule has 9 heteroatoms. The molecule has 206 valence electrons. The summed E-state index contributed by atoms with van der Waals surface area (Å²) in [6.45, 7) is 11.4. The summed E-state index contributed by atoms with van der Waals surface area (Å²) in [5.41, 5.74) is 1.29. The van der Waals surface area contributed by atoms with Crippen LogP contribution in [0.5, 0.6) is 0 Å². The summed E-state index contributed by atoms with van der Waals surface area (Å²) in [4.78, 5) is 20.2. The predicted octanol–water partition coefficient (Wildman–Crippen LogP) is 6.16. The van der Waals surface area contributed by atoms with Crippen LogP contribution in [0.2, 0.25) is 0 Å². The molecule has 2 aromatic carbocycles. The zero-order chi connectivity index (χ0) is 28.0. The Bertz CT molecular complexity index is 1370. The molecule has 4 rings (SSSR count). The van der Waals surface area contributed by atoms with Crippen molar-refractivity contribution in [2.24, 2.45) is 10.9 Å². The Balaban J connectivity index is 1.73. The summed E-state index contributed by atoms with van der Waals surface area (Å²) < 4.78 is 42.4. The van der Waals surface area contributed by atoms with Gasteiger partial charge in [0.25, 0.3) is 5.56 Å². The summed E-state index contributed by atoms with van der Waals surface area (Å²) in [6, 6.07) is 16.3. The van der Waals surface area contributed by atoms with Crippen molar-refractivity contribution in [3.05, 3.63) is 94.3 Å². The molecule has 6 nitrogen and oxygen atoms in total. The van der Waals surface area contributed by atoms with E-state index >= 15 is 0 Å². The molecule has 0 spiro atoms. The van der Waals surface area contributed by atoms with Crippen molar-refractivity contribution in [3.8, 4) is 0 Å². The van der Waals surface area contributed by atoms with Gasteiger partial charge >= 0.3 is 6.18 Å². The number of hydrogen-bond acceptors (Lipinski definition) is 4. The summed E-state index contributed by atoms with van der Waals surface area (Å²) in [7, 11) is 0. The fraction of sp³-hybridized carbons (Fsp3) is 0.333. The van der Waals surface area contributed by atoms with E-state index in [0.29, 0.717) is 11.4 Å². The Morgan fingerprint density at radius 3 is 2.44 bits per heavy atom. The van der Waals surface area contributed by atoms with Gasteiger partial charge < -0.3 is 15.5 Å². The molecule has 39 heavy (non-hydrogen) atoms.